The van der Waals surface area contributed by atoms with Gasteiger partial charge in [-0.3, -0.25) is 0 Å². The average molecular weight is 326 g/mol. The van der Waals surface area contributed by atoms with Crippen molar-refractivity contribution in [1.29, 1.82) is 0 Å². The molecular weight excluding hydrogens is 296 g/mol. The molecule has 1 heterocycles. The normalized spacial score (nSPS) is 43.2. The Morgan fingerprint density at radius 3 is 2.62 bits per heavy atom. The Labute approximate surface area is 146 Å². The highest BCUT2D eigenvalue weighted by atomic mass is 16.8. The van der Waals surface area contributed by atoms with Gasteiger partial charge in [0.1, 0.15) is 6.10 Å². The molecule has 4 rings (SSSR count). The lowest BCUT2D eigenvalue weighted by molar-refractivity contribution is -0.172. The van der Waals surface area contributed by atoms with E-state index in [0.717, 1.165) is 17.8 Å². The zero-order chi connectivity index (χ0) is 16.9. The molecular formula is C22H30O2. The minimum absolute atomic E-state index is 0.0331. The maximum absolute atomic E-state index is 6.33. The van der Waals surface area contributed by atoms with Crippen LogP contribution in [-0.2, 0) is 9.47 Å². The Hall–Kier alpha value is -1.12. The van der Waals surface area contributed by atoms with Crippen LogP contribution in [0.4, 0.5) is 0 Å². The van der Waals surface area contributed by atoms with Crippen molar-refractivity contribution >= 4 is 6.08 Å². The van der Waals surface area contributed by atoms with E-state index in [-0.39, 0.29) is 12.4 Å². The Kier molecular flexibility index (Phi) is 4.09. The van der Waals surface area contributed by atoms with Gasteiger partial charge >= 0.3 is 0 Å². The first-order chi connectivity index (χ1) is 11.5. The zero-order valence-electron chi connectivity index (χ0n) is 15.3. The summed E-state index contributed by atoms with van der Waals surface area (Å²) in [7, 11) is 0. The highest BCUT2D eigenvalue weighted by Crippen LogP contribution is 2.61. The Morgan fingerprint density at radius 1 is 1.17 bits per heavy atom. The Morgan fingerprint density at radius 2 is 1.92 bits per heavy atom. The number of benzene rings is 1. The Bertz CT molecular complexity index is 606. The number of ether oxygens (including phenoxy) is 2. The van der Waals surface area contributed by atoms with E-state index in [0.29, 0.717) is 17.4 Å². The lowest BCUT2D eigenvalue weighted by Crippen LogP contribution is -2.56. The first-order valence-electron chi connectivity index (χ1n) is 9.50. The molecule has 2 aliphatic carbocycles. The number of hydrogen-bond acceptors (Lipinski definition) is 2. The molecule has 0 N–H and O–H groups in total. The monoisotopic (exact) mass is 326 g/mol. The molecule has 3 fully saturated rings. The number of fused-ring (bicyclic) bond motifs is 1. The van der Waals surface area contributed by atoms with Crippen LogP contribution in [0, 0.1) is 29.1 Å². The fourth-order valence-electron chi connectivity index (χ4n) is 5.48. The van der Waals surface area contributed by atoms with E-state index < -0.39 is 0 Å². The third-order valence-electron chi connectivity index (χ3n) is 6.67. The summed E-state index contributed by atoms with van der Waals surface area (Å²) in [6, 6.07) is 10.4. The molecule has 130 valence electrons. The van der Waals surface area contributed by atoms with Crippen LogP contribution in [-0.4, -0.2) is 18.5 Å². The summed E-state index contributed by atoms with van der Waals surface area (Å²) in [6.07, 6.45) is 7.25. The quantitative estimate of drug-likeness (QED) is 0.714. The van der Waals surface area contributed by atoms with Crippen molar-refractivity contribution in [1.82, 2.24) is 0 Å². The lowest BCUT2D eigenvalue weighted by Gasteiger charge is -2.61. The van der Waals surface area contributed by atoms with Gasteiger partial charge in [-0.05, 0) is 47.5 Å². The van der Waals surface area contributed by atoms with Gasteiger partial charge in [0, 0.05) is 0 Å². The molecule has 1 aliphatic heterocycles. The first-order valence-corrected chi connectivity index (χ1v) is 9.50. The average Bonchev–Trinajstić information content (AvgIpc) is 3.27. The van der Waals surface area contributed by atoms with Crippen LogP contribution in [0.3, 0.4) is 0 Å². The SMILES string of the molecule is CC1CC(OC2OC2C=Cc2ccccc2)C(C)C2CC(C)(C)C12. The van der Waals surface area contributed by atoms with E-state index in [9.17, 15) is 0 Å². The summed E-state index contributed by atoms with van der Waals surface area (Å²) in [5.74, 6) is 3.13. The van der Waals surface area contributed by atoms with Crippen LogP contribution in [0.25, 0.3) is 6.08 Å². The van der Waals surface area contributed by atoms with Gasteiger partial charge in [0.25, 0.3) is 0 Å². The third-order valence-corrected chi connectivity index (χ3v) is 6.67. The molecule has 1 saturated heterocycles. The summed E-state index contributed by atoms with van der Waals surface area (Å²) in [4.78, 5) is 0. The highest BCUT2D eigenvalue weighted by Gasteiger charge is 2.56. The van der Waals surface area contributed by atoms with Crippen LogP contribution in [0.15, 0.2) is 36.4 Å². The number of hydrogen-bond donors (Lipinski definition) is 0. The fraction of sp³-hybridized carbons (Fsp3) is 0.636. The molecule has 2 saturated carbocycles. The fourth-order valence-corrected chi connectivity index (χ4v) is 5.48. The molecule has 2 nitrogen and oxygen atoms in total. The van der Waals surface area contributed by atoms with Crippen LogP contribution in [0.2, 0.25) is 0 Å². The second kappa shape index (κ2) is 6.00. The molecule has 0 bridgehead atoms. The van der Waals surface area contributed by atoms with E-state index in [2.05, 4.69) is 64.1 Å². The van der Waals surface area contributed by atoms with Gasteiger partial charge in [-0.2, -0.15) is 0 Å². The topological polar surface area (TPSA) is 21.8 Å². The van der Waals surface area contributed by atoms with E-state index in [1.807, 2.05) is 6.07 Å². The minimum atomic E-state index is -0.0331. The largest absolute Gasteiger partial charge is 0.346 e. The number of epoxide rings is 1. The molecule has 0 amide bonds. The van der Waals surface area contributed by atoms with Gasteiger partial charge in [0.2, 0.25) is 0 Å². The van der Waals surface area contributed by atoms with Gasteiger partial charge < -0.3 is 9.47 Å². The van der Waals surface area contributed by atoms with Gasteiger partial charge in [-0.1, -0.05) is 70.2 Å². The lowest BCUT2D eigenvalue weighted by atomic mass is 9.45. The summed E-state index contributed by atoms with van der Waals surface area (Å²) in [6.45, 7) is 9.68. The minimum Gasteiger partial charge on any atom is -0.346 e. The zero-order valence-corrected chi connectivity index (χ0v) is 15.3. The molecule has 3 aliphatic rings. The highest BCUT2D eigenvalue weighted by molar-refractivity contribution is 5.49. The molecule has 7 unspecified atom stereocenters. The molecule has 0 spiro atoms. The second-order valence-corrected chi connectivity index (χ2v) is 8.87. The van der Waals surface area contributed by atoms with E-state index in [4.69, 9.17) is 9.47 Å². The van der Waals surface area contributed by atoms with E-state index in [1.54, 1.807) is 0 Å². The molecule has 1 aromatic carbocycles. The molecule has 0 aromatic heterocycles. The smallest absolute Gasteiger partial charge is 0.188 e. The van der Waals surface area contributed by atoms with Crippen molar-refractivity contribution in [3.63, 3.8) is 0 Å². The summed E-state index contributed by atoms with van der Waals surface area (Å²) < 4.78 is 12.1. The second-order valence-electron chi connectivity index (χ2n) is 8.87. The van der Waals surface area contributed by atoms with Gasteiger partial charge in [-0.15, -0.1) is 0 Å². The van der Waals surface area contributed by atoms with Crippen LogP contribution >= 0.6 is 0 Å². The first kappa shape index (κ1) is 16.4. The standard InChI is InChI=1S/C22H30O2/c1-14-12-19(15(2)17-13-22(3,4)20(14)17)24-21-18(23-21)11-10-16-8-6-5-7-9-16/h5-11,14-15,17-21H,12-13H2,1-4H3. The van der Waals surface area contributed by atoms with Gasteiger partial charge in [0.05, 0.1) is 6.10 Å². The van der Waals surface area contributed by atoms with Crippen molar-refractivity contribution in [2.24, 2.45) is 29.1 Å². The molecule has 2 heteroatoms. The van der Waals surface area contributed by atoms with E-state index in [1.165, 1.54) is 18.4 Å². The summed E-state index contributed by atoms with van der Waals surface area (Å²) >= 11 is 0. The van der Waals surface area contributed by atoms with Crippen LogP contribution in [0.5, 0.6) is 0 Å². The summed E-state index contributed by atoms with van der Waals surface area (Å²) in [5.41, 5.74) is 1.74. The maximum atomic E-state index is 6.33. The van der Waals surface area contributed by atoms with Crippen molar-refractivity contribution in [2.75, 3.05) is 0 Å². The van der Waals surface area contributed by atoms with E-state index >= 15 is 0 Å². The number of rotatable bonds is 4. The molecule has 1 aromatic rings. The van der Waals surface area contributed by atoms with Gasteiger partial charge in [0.15, 0.2) is 6.29 Å². The van der Waals surface area contributed by atoms with Crippen molar-refractivity contribution in [3.8, 4) is 0 Å². The summed E-state index contributed by atoms with van der Waals surface area (Å²) in [5, 5.41) is 0. The van der Waals surface area contributed by atoms with Crippen LogP contribution in [0.1, 0.15) is 46.1 Å². The van der Waals surface area contributed by atoms with Crippen molar-refractivity contribution in [2.45, 2.75) is 59.0 Å². The predicted molar refractivity (Wildman–Crippen MR) is 97.3 cm³/mol. The molecule has 24 heavy (non-hydrogen) atoms. The van der Waals surface area contributed by atoms with Crippen molar-refractivity contribution in [3.05, 3.63) is 42.0 Å². The molecule has 0 radical (unpaired) electrons. The predicted octanol–water partition coefficient (Wildman–Crippen LogP) is 5.15. The Balaban J connectivity index is 1.32. The molecule has 7 atom stereocenters. The van der Waals surface area contributed by atoms with Crippen molar-refractivity contribution < 1.29 is 9.47 Å². The van der Waals surface area contributed by atoms with Crippen LogP contribution < -0.4 is 0 Å². The third kappa shape index (κ3) is 2.95. The van der Waals surface area contributed by atoms with Gasteiger partial charge in [-0.25, -0.2) is 0 Å². The maximum Gasteiger partial charge on any atom is 0.188 e.